The highest BCUT2D eigenvalue weighted by atomic mass is 16.5. The van der Waals surface area contributed by atoms with E-state index in [2.05, 4.69) is 111 Å². The Morgan fingerprint density at radius 1 is 0.750 bits per heavy atom. The summed E-state index contributed by atoms with van der Waals surface area (Å²) < 4.78 is 7.03. The molecule has 2 aliphatic heterocycles. The monoisotopic (exact) mass is 418 g/mol. The van der Waals surface area contributed by atoms with Gasteiger partial charge in [0.05, 0.1) is 11.8 Å². The summed E-state index contributed by atoms with van der Waals surface area (Å²) in [5.74, 6) is 0.816. The van der Waals surface area contributed by atoms with Crippen LogP contribution in [0.5, 0.6) is 5.75 Å². The van der Waals surface area contributed by atoms with Crippen LogP contribution >= 0.6 is 0 Å². The molecule has 0 aromatic heterocycles. The van der Waals surface area contributed by atoms with Crippen LogP contribution < -0.4 is 9.64 Å². The van der Waals surface area contributed by atoms with Gasteiger partial charge in [-0.3, -0.25) is 4.99 Å². The Hall–Kier alpha value is -3.59. The van der Waals surface area contributed by atoms with Crippen LogP contribution in [0, 0.1) is 13.8 Å². The number of hydrogen-bond acceptors (Lipinski definition) is 3. The average Bonchev–Trinajstić information content (AvgIpc) is 3.00. The lowest BCUT2D eigenvalue weighted by Gasteiger charge is -2.45. The van der Waals surface area contributed by atoms with Gasteiger partial charge in [0.2, 0.25) is 5.72 Å². The lowest BCUT2D eigenvalue weighted by Crippen LogP contribution is -2.54. The zero-order valence-electron chi connectivity index (χ0n) is 18.9. The van der Waals surface area contributed by atoms with Crippen molar-refractivity contribution >= 4 is 28.4 Å². The average molecular weight is 419 g/mol. The Morgan fingerprint density at radius 2 is 1.44 bits per heavy atom. The molecule has 0 saturated heterocycles. The second kappa shape index (κ2) is 6.46. The third-order valence-electron chi connectivity index (χ3n) is 7.00. The molecule has 0 aliphatic carbocycles. The Kier molecular flexibility index (Phi) is 3.86. The van der Waals surface area contributed by atoms with Crippen LogP contribution in [0.25, 0.3) is 10.8 Å². The van der Waals surface area contributed by atoms with Crippen LogP contribution in [-0.4, -0.2) is 6.21 Å². The maximum absolute atomic E-state index is 7.03. The summed E-state index contributed by atoms with van der Waals surface area (Å²) in [6.45, 7) is 8.95. The van der Waals surface area contributed by atoms with E-state index in [9.17, 15) is 0 Å². The molecule has 2 heterocycles. The van der Waals surface area contributed by atoms with Crippen LogP contribution in [0.3, 0.4) is 0 Å². The highest BCUT2D eigenvalue weighted by Crippen LogP contribution is 2.56. The first-order chi connectivity index (χ1) is 15.4. The van der Waals surface area contributed by atoms with E-state index in [-0.39, 0.29) is 5.54 Å². The standard InChI is InChI=1S/C29H26N2O/c1-19-14-15-20(2)26-25(19)28(3,4)31(22-11-6-5-7-12-22)29(26)18-30-27-23-13-9-8-10-21(23)16-17-24(27)32-29/h5-18H,1-4H3. The van der Waals surface area contributed by atoms with Gasteiger partial charge in [-0.05, 0) is 68.0 Å². The largest absolute Gasteiger partial charge is 0.456 e. The third kappa shape index (κ3) is 2.39. The van der Waals surface area contributed by atoms with Gasteiger partial charge >= 0.3 is 0 Å². The molecule has 4 aromatic rings. The lowest BCUT2D eigenvalue weighted by atomic mass is 9.86. The van der Waals surface area contributed by atoms with E-state index in [1.807, 2.05) is 6.21 Å². The van der Waals surface area contributed by atoms with Gasteiger partial charge in [0, 0.05) is 16.6 Å². The van der Waals surface area contributed by atoms with Gasteiger partial charge in [0.25, 0.3) is 0 Å². The SMILES string of the molecule is Cc1ccc(C)c2c1C(C)(C)N(c1ccccc1)C21C=Nc2c(ccc3ccccc23)O1. The fraction of sp³-hybridized carbons (Fsp3) is 0.207. The number of ether oxygens (including phenoxy) is 1. The van der Waals surface area contributed by atoms with Crippen molar-refractivity contribution in [3.8, 4) is 5.75 Å². The zero-order chi connectivity index (χ0) is 22.1. The molecule has 1 spiro atoms. The highest BCUT2D eigenvalue weighted by molar-refractivity contribution is 5.99. The van der Waals surface area contributed by atoms with E-state index in [1.165, 1.54) is 27.6 Å². The molecule has 6 rings (SSSR count). The summed E-state index contributed by atoms with van der Waals surface area (Å²) in [7, 11) is 0. The molecule has 0 N–H and O–H groups in total. The number of nitrogens with zero attached hydrogens (tertiary/aromatic N) is 2. The van der Waals surface area contributed by atoms with E-state index < -0.39 is 5.72 Å². The maximum atomic E-state index is 7.03. The summed E-state index contributed by atoms with van der Waals surface area (Å²) in [4.78, 5) is 7.47. The topological polar surface area (TPSA) is 24.8 Å². The number of para-hydroxylation sites is 1. The minimum atomic E-state index is -0.814. The van der Waals surface area contributed by atoms with Gasteiger partial charge in [-0.25, -0.2) is 0 Å². The Morgan fingerprint density at radius 3 is 2.22 bits per heavy atom. The molecule has 0 fully saturated rings. The predicted octanol–water partition coefficient (Wildman–Crippen LogP) is 7.16. The first-order valence-corrected chi connectivity index (χ1v) is 11.2. The van der Waals surface area contributed by atoms with Crippen LogP contribution in [0.1, 0.15) is 36.1 Å². The lowest BCUT2D eigenvalue weighted by molar-refractivity contribution is 0.130. The zero-order valence-corrected chi connectivity index (χ0v) is 18.9. The molecule has 0 bridgehead atoms. The molecule has 3 heteroatoms. The fourth-order valence-electron chi connectivity index (χ4n) is 5.81. The molecule has 0 amide bonds. The van der Waals surface area contributed by atoms with Gasteiger partial charge < -0.3 is 9.64 Å². The van der Waals surface area contributed by atoms with Crippen molar-refractivity contribution in [1.82, 2.24) is 0 Å². The first-order valence-electron chi connectivity index (χ1n) is 11.2. The number of rotatable bonds is 1. The molecule has 1 atom stereocenters. The minimum absolute atomic E-state index is 0.285. The first kappa shape index (κ1) is 19.1. The van der Waals surface area contributed by atoms with E-state index >= 15 is 0 Å². The second-order valence-electron chi connectivity index (χ2n) is 9.37. The van der Waals surface area contributed by atoms with Crippen molar-refractivity contribution in [2.24, 2.45) is 4.99 Å². The Bertz CT molecular complexity index is 1400. The van der Waals surface area contributed by atoms with Gasteiger partial charge in [0.15, 0.2) is 0 Å². The molecule has 0 saturated carbocycles. The van der Waals surface area contributed by atoms with Gasteiger partial charge in [-0.15, -0.1) is 0 Å². The molecule has 158 valence electrons. The summed E-state index contributed by atoms with van der Waals surface area (Å²) >= 11 is 0. The molecular formula is C29H26N2O. The minimum Gasteiger partial charge on any atom is -0.456 e. The Balaban J connectivity index is 1.67. The molecule has 2 aliphatic rings. The van der Waals surface area contributed by atoms with E-state index in [1.54, 1.807) is 0 Å². The number of aryl methyl sites for hydroxylation is 2. The number of benzene rings is 4. The number of hydrogen-bond donors (Lipinski definition) is 0. The van der Waals surface area contributed by atoms with Crippen LogP contribution in [0.15, 0.2) is 83.9 Å². The van der Waals surface area contributed by atoms with Crippen molar-refractivity contribution in [3.05, 3.63) is 101 Å². The van der Waals surface area contributed by atoms with Crippen LogP contribution in [-0.2, 0) is 11.3 Å². The summed E-state index contributed by atoms with van der Waals surface area (Å²) in [6.07, 6.45) is 2.02. The third-order valence-corrected chi connectivity index (χ3v) is 7.00. The van der Waals surface area contributed by atoms with E-state index in [0.717, 1.165) is 22.5 Å². The van der Waals surface area contributed by atoms with Crippen LogP contribution in [0.2, 0.25) is 0 Å². The van der Waals surface area contributed by atoms with Crippen molar-refractivity contribution in [2.45, 2.75) is 39.0 Å². The molecule has 0 radical (unpaired) electrons. The van der Waals surface area contributed by atoms with Crippen molar-refractivity contribution in [1.29, 1.82) is 0 Å². The normalized spacial score (nSPS) is 20.3. The maximum Gasteiger partial charge on any atom is 0.247 e. The molecule has 3 nitrogen and oxygen atoms in total. The van der Waals surface area contributed by atoms with E-state index in [4.69, 9.17) is 9.73 Å². The van der Waals surface area contributed by atoms with Gasteiger partial charge in [0.1, 0.15) is 11.4 Å². The van der Waals surface area contributed by atoms with Crippen LogP contribution in [0.4, 0.5) is 11.4 Å². The van der Waals surface area contributed by atoms with Gasteiger partial charge in [-0.1, -0.05) is 60.7 Å². The molecule has 4 aromatic carbocycles. The van der Waals surface area contributed by atoms with E-state index in [0.29, 0.717) is 0 Å². The van der Waals surface area contributed by atoms with Gasteiger partial charge in [-0.2, -0.15) is 0 Å². The van der Waals surface area contributed by atoms with Crippen molar-refractivity contribution in [2.75, 3.05) is 4.90 Å². The molecule has 1 unspecified atom stereocenters. The molecular weight excluding hydrogens is 392 g/mol. The highest BCUT2D eigenvalue weighted by Gasteiger charge is 2.58. The quantitative estimate of drug-likeness (QED) is 0.328. The van der Waals surface area contributed by atoms with Crippen molar-refractivity contribution < 1.29 is 4.74 Å². The Labute approximate surface area is 189 Å². The summed E-state index contributed by atoms with van der Waals surface area (Å²) in [6, 6.07) is 27.5. The number of aliphatic imine (C=N–C) groups is 1. The summed E-state index contributed by atoms with van der Waals surface area (Å²) in [5, 5.41) is 2.28. The van der Waals surface area contributed by atoms with Crippen molar-refractivity contribution in [3.63, 3.8) is 0 Å². The summed E-state index contributed by atoms with van der Waals surface area (Å²) in [5.41, 5.74) is 5.92. The number of anilines is 1. The smallest absolute Gasteiger partial charge is 0.247 e. The molecule has 32 heavy (non-hydrogen) atoms. The number of fused-ring (bicyclic) bond motifs is 5. The fourth-order valence-corrected chi connectivity index (χ4v) is 5.81. The second-order valence-corrected chi connectivity index (χ2v) is 9.37. The predicted molar refractivity (Wildman–Crippen MR) is 132 cm³/mol.